The summed E-state index contributed by atoms with van der Waals surface area (Å²) in [4.78, 5) is 11.9. The summed E-state index contributed by atoms with van der Waals surface area (Å²) in [6.45, 7) is 0. The van der Waals surface area contributed by atoms with Crippen LogP contribution in [0.15, 0.2) is 53.0 Å². The number of hydrogen-bond donors (Lipinski definition) is 1. The molecule has 0 saturated carbocycles. The van der Waals surface area contributed by atoms with E-state index < -0.39 is 0 Å². The Bertz CT molecular complexity index is 611. The van der Waals surface area contributed by atoms with E-state index in [-0.39, 0.29) is 21.2 Å². The molecule has 2 rings (SSSR count). The molecule has 0 aliphatic heterocycles. The fourth-order valence-electron chi connectivity index (χ4n) is 1.76. The van der Waals surface area contributed by atoms with Crippen molar-refractivity contribution < 1.29 is 9.90 Å². The molecular weight excluding hydrogens is 452 g/mol. The molecule has 0 aliphatic rings. The summed E-state index contributed by atoms with van der Waals surface area (Å²) in [6.07, 6.45) is 0. The van der Waals surface area contributed by atoms with Crippen LogP contribution in [0.3, 0.4) is 0 Å². The zero-order valence-electron chi connectivity index (χ0n) is 10.3. The highest BCUT2D eigenvalue weighted by Gasteiger charge is 2.26. The van der Waals surface area contributed by atoms with Gasteiger partial charge in [-0.15, -0.1) is 0 Å². The van der Waals surface area contributed by atoms with Crippen LogP contribution < -0.4 is 0 Å². The first-order valence-electron chi connectivity index (χ1n) is 5.86. The number of aromatic hydroxyl groups is 1. The first-order chi connectivity index (χ1) is 9.49. The van der Waals surface area contributed by atoms with E-state index in [4.69, 9.17) is 0 Å². The molecule has 2 aromatic rings. The lowest BCUT2D eigenvalue weighted by Crippen LogP contribution is -2.19. The van der Waals surface area contributed by atoms with Gasteiger partial charge in [0.1, 0.15) is 5.75 Å². The number of benzene rings is 2. The molecular formula is C15H11Br3O2. The minimum Gasteiger partial charge on any atom is -0.508 e. The molecule has 0 aromatic heterocycles. The first-order valence-corrected chi connectivity index (χ1v) is 8.48. The van der Waals surface area contributed by atoms with E-state index in [9.17, 15) is 9.90 Å². The number of phenols is 1. The summed E-state index contributed by atoms with van der Waals surface area (Å²) in [5, 5.41) is 9.26. The molecule has 1 N–H and O–H groups in total. The molecule has 0 saturated heterocycles. The summed E-state index contributed by atoms with van der Waals surface area (Å²) in [5.74, 6) is 0.113. The summed E-state index contributed by atoms with van der Waals surface area (Å²) in [7, 11) is 0. The van der Waals surface area contributed by atoms with Gasteiger partial charge in [-0.1, -0.05) is 59.9 Å². The van der Waals surface area contributed by atoms with Gasteiger partial charge in [-0.2, -0.15) is 0 Å². The Kier molecular flexibility index (Phi) is 5.41. The highest BCUT2D eigenvalue weighted by Crippen LogP contribution is 2.34. The second kappa shape index (κ2) is 6.87. The molecule has 104 valence electrons. The summed E-state index contributed by atoms with van der Waals surface area (Å²) < 4.78 is 0.969. The van der Waals surface area contributed by atoms with Crippen LogP contribution in [0.2, 0.25) is 0 Å². The number of hydrogen-bond acceptors (Lipinski definition) is 2. The van der Waals surface area contributed by atoms with Crippen molar-refractivity contribution in [3.05, 3.63) is 64.1 Å². The van der Waals surface area contributed by atoms with Crippen molar-refractivity contribution >= 4 is 53.6 Å². The second-order valence-electron chi connectivity index (χ2n) is 4.27. The van der Waals surface area contributed by atoms with E-state index in [1.54, 1.807) is 12.1 Å². The Labute approximate surface area is 142 Å². The van der Waals surface area contributed by atoms with Gasteiger partial charge in [0, 0.05) is 10.0 Å². The van der Waals surface area contributed by atoms with Crippen molar-refractivity contribution in [1.29, 1.82) is 0 Å². The molecule has 0 amide bonds. The van der Waals surface area contributed by atoms with Crippen molar-refractivity contribution in [3.8, 4) is 5.75 Å². The molecule has 2 atom stereocenters. The quantitative estimate of drug-likeness (QED) is 0.498. The molecule has 0 fully saturated rings. The van der Waals surface area contributed by atoms with Crippen LogP contribution in [0.4, 0.5) is 0 Å². The SMILES string of the molecule is O=C(c1ccc(O)cc1)C(Br)C(Br)c1cccc(Br)c1. The number of Topliss-reactive ketones (excluding diaryl/α,β-unsaturated/α-hetero) is 1. The lowest BCUT2D eigenvalue weighted by atomic mass is 10.0. The van der Waals surface area contributed by atoms with Gasteiger partial charge in [0.15, 0.2) is 5.78 Å². The van der Waals surface area contributed by atoms with Crippen LogP contribution in [-0.2, 0) is 0 Å². The summed E-state index contributed by atoms with van der Waals surface area (Å²) in [6, 6.07) is 14.1. The number of ketones is 1. The van der Waals surface area contributed by atoms with Gasteiger partial charge >= 0.3 is 0 Å². The van der Waals surface area contributed by atoms with Crippen LogP contribution in [0.25, 0.3) is 0 Å². The van der Waals surface area contributed by atoms with E-state index in [1.807, 2.05) is 24.3 Å². The normalized spacial score (nSPS) is 13.8. The monoisotopic (exact) mass is 460 g/mol. The molecule has 2 aromatic carbocycles. The van der Waals surface area contributed by atoms with Gasteiger partial charge in [-0.25, -0.2) is 0 Å². The molecule has 0 heterocycles. The number of halogens is 3. The number of phenolic OH excluding ortho intramolecular Hbond substituents is 1. The highest BCUT2D eigenvalue weighted by atomic mass is 79.9. The lowest BCUT2D eigenvalue weighted by Gasteiger charge is -2.16. The van der Waals surface area contributed by atoms with Crippen LogP contribution in [0.5, 0.6) is 5.75 Å². The van der Waals surface area contributed by atoms with Crippen molar-refractivity contribution in [2.24, 2.45) is 0 Å². The summed E-state index contributed by atoms with van der Waals surface area (Å²) >= 11 is 10.4. The van der Waals surface area contributed by atoms with Crippen LogP contribution in [0, 0.1) is 0 Å². The predicted octanol–water partition coefficient (Wildman–Crippen LogP) is 5.24. The molecule has 0 bridgehead atoms. The molecule has 0 radical (unpaired) electrons. The Morgan fingerprint density at radius 3 is 2.30 bits per heavy atom. The average molecular weight is 463 g/mol. The topological polar surface area (TPSA) is 37.3 Å². The Morgan fingerprint density at radius 1 is 1.05 bits per heavy atom. The predicted molar refractivity (Wildman–Crippen MR) is 91.0 cm³/mol. The van der Waals surface area contributed by atoms with Crippen LogP contribution >= 0.6 is 47.8 Å². The molecule has 20 heavy (non-hydrogen) atoms. The maximum absolute atomic E-state index is 12.4. The van der Waals surface area contributed by atoms with Gasteiger partial charge in [0.2, 0.25) is 0 Å². The summed E-state index contributed by atoms with van der Waals surface area (Å²) in [5.41, 5.74) is 1.57. The smallest absolute Gasteiger partial charge is 0.177 e. The fraction of sp³-hybridized carbons (Fsp3) is 0.133. The Balaban J connectivity index is 2.20. The van der Waals surface area contributed by atoms with E-state index in [0.29, 0.717) is 5.56 Å². The third-order valence-electron chi connectivity index (χ3n) is 2.83. The van der Waals surface area contributed by atoms with Gasteiger partial charge in [0.05, 0.1) is 9.65 Å². The van der Waals surface area contributed by atoms with E-state index in [1.165, 1.54) is 12.1 Å². The van der Waals surface area contributed by atoms with Gasteiger partial charge in [-0.05, 0) is 42.0 Å². The fourth-order valence-corrected chi connectivity index (χ4v) is 3.28. The zero-order valence-corrected chi connectivity index (χ0v) is 15.0. The zero-order chi connectivity index (χ0) is 14.7. The molecule has 0 spiro atoms. The van der Waals surface area contributed by atoms with Crippen molar-refractivity contribution in [2.75, 3.05) is 0 Å². The van der Waals surface area contributed by atoms with E-state index >= 15 is 0 Å². The third-order valence-corrected chi connectivity index (χ3v) is 6.03. The third kappa shape index (κ3) is 3.71. The van der Waals surface area contributed by atoms with E-state index in [0.717, 1.165) is 10.0 Å². The molecule has 2 nitrogen and oxygen atoms in total. The standard InChI is InChI=1S/C15H11Br3O2/c16-11-3-1-2-10(8-11)13(17)14(18)15(20)9-4-6-12(19)7-5-9/h1-8,13-14,19H. The molecule has 5 heteroatoms. The number of alkyl halides is 2. The van der Waals surface area contributed by atoms with E-state index in [2.05, 4.69) is 47.8 Å². The lowest BCUT2D eigenvalue weighted by molar-refractivity contribution is 0.0991. The number of carbonyl (C=O) groups excluding carboxylic acids is 1. The highest BCUT2D eigenvalue weighted by molar-refractivity contribution is 9.12. The first kappa shape index (κ1) is 15.7. The largest absolute Gasteiger partial charge is 0.508 e. The van der Waals surface area contributed by atoms with Crippen LogP contribution in [0.1, 0.15) is 20.7 Å². The van der Waals surface area contributed by atoms with Gasteiger partial charge in [0.25, 0.3) is 0 Å². The van der Waals surface area contributed by atoms with Crippen molar-refractivity contribution in [3.63, 3.8) is 0 Å². The number of rotatable bonds is 4. The van der Waals surface area contributed by atoms with Crippen LogP contribution in [-0.4, -0.2) is 15.7 Å². The maximum Gasteiger partial charge on any atom is 0.177 e. The Morgan fingerprint density at radius 2 is 1.70 bits per heavy atom. The minimum atomic E-state index is -0.388. The molecule has 2 unspecified atom stereocenters. The minimum absolute atomic E-state index is 0.0353. The number of carbonyl (C=O) groups is 1. The molecule has 0 aliphatic carbocycles. The van der Waals surface area contributed by atoms with Gasteiger partial charge < -0.3 is 5.11 Å². The Hall–Kier alpha value is -0.650. The van der Waals surface area contributed by atoms with Crippen molar-refractivity contribution in [1.82, 2.24) is 0 Å². The van der Waals surface area contributed by atoms with Crippen molar-refractivity contribution in [2.45, 2.75) is 9.65 Å². The maximum atomic E-state index is 12.4. The van der Waals surface area contributed by atoms with Gasteiger partial charge in [-0.3, -0.25) is 4.79 Å². The average Bonchev–Trinajstić information content (AvgIpc) is 2.46. The second-order valence-corrected chi connectivity index (χ2v) is 7.16.